The highest BCUT2D eigenvalue weighted by molar-refractivity contribution is 5.39. The van der Waals surface area contributed by atoms with Crippen LogP contribution in [0.2, 0.25) is 0 Å². The van der Waals surface area contributed by atoms with E-state index in [0.717, 1.165) is 18.4 Å². The van der Waals surface area contributed by atoms with Gasteiger partial charge in [-0.3, -0.25) is 0 Å². The Kier molecular flexibility index (Phi) is 7.98. The van der Waals surface area contributed by atoms with Crippen LogP contribution in [0.4, 0.5) is 4.39 Å². The van der Waals surface area contributed by atoms with Crippen molar-refractivity contribution in [1.82, 2.24) is 4.57 Å². The van der Waals surface area contributed by atoms with Gasteiger partial charge in [-0.2, -0.15) is 4.39 Å². The zero-order chi connectivity index (χ0) is 16.6. The van der Waals surface area contributed by atoms with Crippen molar-refractivity contribution in [3.63, 3.8) is 0 Å². The van der Waals surface area contributed by atoms with E-state index < -0.39 is 0 Å². The molecule has 0 spiro atoms. The van der Waals surface area contributed by atoms with Crippen LogP contribution in [0.3, 0.4) is 0 Å². The van der Waals surface area contributed by atoms with Crippen LogP contribution in [-0.2, 0) is 12.5 Å². The van der Waals surface area contributed by atoms with Crippen molar-refractivity contribution in [2.45, 2.75) is 84.0 Å². The van der Waals surface area contributed by atoms with Gasteiger partial charge in [0.2, 0.25) is 5.95 Å². The molecule has 0 saturated heterocycles. The molecule has 0 fully saturated rings. The van der Waals surface area contributed by atoms with Gasteiger partial charge in [0.15, 0.2) is 5.75 Å². The van der Waals surface area contributed by atoms with Crippen molar-refractivity contribution in [3.8, 4) is 5.75 Å². The summed E-state index contributed by atoms with van der Waals surface area (Å²) in [5.41, 5.74) is 1.05. The summed E-state index contributed by atoms with van der Waals surface area (Å²) in [6, 6.07) is 0. The van der Waals surface area contributed by atoms with Crippen LogP contribution in [0.5, 0.6) is 5.75 Å². The van der Waals surface area contributed by atoms with Crippen LogP contribution in [0.25, 0.3) is 0 Å². The average molecular weight is 311 g/mol. The standard InChI is InChI=1S/C19H34FNO/c1-6-8-10-12-14-19(3,13-11-9-7-2)16-15-21(4)18(20)17(16)22-5/h15H,6-14H2,1-5H3. The van der Waals surface area contributed by atoms with Gasteiger partial charge in [-0.25, -0.2) is 0 Å². The fraction of sp³-hybridized carbons (Fsp3) is 0.789. The molecule has 22 heavy (non-hydrogen) atoms. The first kappa shape index (κ1) is 19.1. The highest BCUT2D eigenvalue weighted by Gasteiger charge is 2.32. The molecule has 0 radical (unpaired) electrons. The van der Waals surface area contributed by atoms with Gasteiger partial charge in [-0.05, 0) is 18.3 Å². The molecule has 0 aliphatic carbocycles. The lowest BCUT2D eigenvalue weighted by Gasteiger charge is -2.30. The minimum atomic E-state index is -0.257. The summed E-state index contributed by atoms with van der Waals surface area (Å²) in [7, 11) is 3.33. The Morgan fingerprint density at radius 3 is 2.14 bits per heavy atom. The molecule has 1 atom stereocenters. The lowest BCUT2D eigenvalue weighted by atomic mass is 9.75. The Bertz CT molecular complexity index is 441. The van der Waals surface area contributed by atoms with E-state index in [1.54, 1.807) is 18.7 Å². The van der Waals surface area contributed by atoms with Crippen molar-refractivity contribution in [1.29, 1.82) is 0 Å². The molecule has 0 saturated carbocycles. The number of rotatable bonds is 11. The van der Waals surface area contributed by atoms with E-state index >= 15 is 0 Å². The summed E-state index contributed by atoms with van der Waals surface area (Å²) >= 11 is 0. The van der Waals surface area contributed by atoms with Gasteiger partial charge in [-0.15, -0.1) is 0 Å². The summed E-state index contributed by atoms with van der Waals surface area (Å²) < 4.78 is 21.2. The first-order valence-corrected chi connectivity index (χ1v) is 8.89. The number of aryl methyl sites for hydroxylation is 1. The van der Waals surface area contributed by atoms with Gasteiger partial charge in [0.25, 0.3) is 0 Å². The number of hydrogen-bond acceptors (Lipinski definition) is 1. The average Bonchev–Trinajstić information content (AvgIpc) is 2.80. The van der Waals surface area contributed by atoms with Gasteiger partial charge in [-0.1, -0.05) is 65.7 Å². The summed E-state index contributed by atoms with van der Waals surface area (Å²) in [6.07, 6.45) is 12.8. The number of unbranched alkanes of at least 4 members (excludes halogenated alkanes) is 5. The number of halogens is 1. The molecule has 0 N–H and O–H groups in total. The summed E-state index contributed by atoms with van der Waals surface area (Å²) in [5, 5.41) is 0. The molecule has 0 aromatic carbocycles. The molecule has 1 heterocycles. The third-order valence-corrected chi connectivity index (χ3v) is 4.83. The Labute approximate surface area is 136 Å². The monoisotopic (exact) mass is 311 g/mol. The van der Waals surface area contributed by atoms with Gasteiger partial charge < -0.3 is 9.30 Å². The normalized spacial score (nSPS) is 14.1. The molecular formula is C19H34FNO. The van der Waals surface area contributed by atoms with E-state index in [1.807, 2.05) is 6.20 Å². The topological polar surface area (TPSA) is 14.2 Å². The zero-order valence-electron chi connectivity index (χ0n) is 15.2. The van der Waals surface area contributed by atoms with Crippen LogP contribution in [0, 0.1) is 5.95 Å². The number of hydrogen-bond donors (Lipinski definition) is 0. The third-order valence-electron chi connectivity index (χ3n) is 4.83. The lowest BCUT2D eigenvalue weighted by molar-refractivity contribution is 0.331. The van der Waals surface area contributed by atoms with Crippen LogP contribution < -0.4 is 4.74 Å². The van der Waals surface area contributed by atoms with Gasteiger partial charge in [0, 0.05) is 18.8 Å². The van der Waals surface area contributed by atoms with Crippen molar-refractivity contribution >= 4 is 0 Å². The fourth-order valence-electron chi connectivity index (χ4n) is 3.31. The predicted molar refractivity (Wildman–Crippen MR) is 92.2 cm³/mol. The molecule has 128 valence electrons. The number of ether oxygens (including phenoxy) is 1. The van der Waals surface area contributed by atoms with E-state index in [0.29, 0.717) is 5.75 Å². The van der Waals surface area contributed by atoms with Crippen molar-refractivity contribution in [2.24, 2.45) is 7.05 Å². The van der Waals surface area contributed by atoms with E-state index in [4.69, 9.17) is 4.74 Å². The smallest absolute Gasteiger partial charge is 0.236 e. The molecule has 1 aromatic heterocycles. The Hall–Kier alpha value is -0.990. The van der Waals surface area contributed by atoms with Crippen LogP contribution in [-0.4, -0.2) is 11.7 Å². The predicted octanol–water partition coefficient (Wildman–Crippen LogP) is 5.98. The van der Waals surface area contributed by atoms with E-state index in [2.05, 4.69) is 20.8 Å². The van der Waals surface area contributed by atoms with Crippen molar-refractivity contribution < 1.29 is 9.13 Å². The second-order valence-corrected chi connectivity index (χ2v) is 6.81. The molecular weight excluding hydrogens is 277 g/mol. The molecule has 1 rings (SSSR count). The molecule has 0 aliphatic heterocycles. The third kappa shape index (κ3) is 4.76. The molecule has 3 heteroatoms. The van der Waals surface area contributed by atoms with Crippen molar-refractivity contribution in [3.05, 3.63) is 17.7 Å². The Morgan fingerprint density at radius 1 is 1.05 bits per heavy atom. The minimum absolute atomic E-state index is 0.0103. The number of methoxy groups -OCH3 is 1. The van der Waals surface area contributed by atoms with Crippen molar-refractivity contribution in [2.75, 3.05) is 7.11 Å². The van der Waals surface area contributed by atoms with Gasteiger partial charge in [0.1, 0.15) is 0 Å². The first-order valence-electron chi connectivity index (χ1n) is 8.89. The second kappa shape index (κ2) is 9.22. The van der Waals surface area contributed by atoms with Gasteiger partial charge >= 0.3 is 0 Å². The summed E-state index contributed by atoms with van der Waals surface area (Å²) in [4.78, 5) is 0. The number of nitrogens with zero attached hydrogens (tertiary/aromatic N) is 1. The molecule has 1 unspecified atom stereocenters. The molecule has 0 aliphatic rings. The van der Waals surface area contributed by atoms with Crippen LogP contribution in [0.15, 0.2) is 6.20 Å². The summed E-state index contributed by atoms with van der Waals surface area (Å²) in [6.45, 7) is 6.74. The molecule has 0 bridgehead atoms. The Morgan fingerprint density at radius 2 is 1.59 bits per heavy atom. The quantitative estimate of drug-likeness (QED) is 0.458. The maximum Gasteiger partial charge on any atom is 0.236 e. The van der Waals surface area contributed by atoms with Crippen LogP contribution in [0.1, 0.15) is 84.1 Å². The molecule has 1 aromatic rings. The molecule has 2 nitrogen and oxygen atoms in total. The number of aromatic nitrogens is 1. The summed E-state index contributed by atoms with van der Waals surface area (Å²) in [5.74, 6) is 0.185. The maximum absolute atomic E-state index is 14.2. The van der Waals surface area contributed by atoms with Gasteiger partial charge in [0.05, 0.1) is 7.11 Å². The minimum Gasteiger partial charge on any atom is -0.492 e. The Balaban J connectivity index is 2.95. The highest BCUT2D eigenvalue weighted by atomic mass is 19.1. The zero-order valence-corrected chi connectivity index (χ0v) is 15.2. The fourth-order valence-corrected chi connectivity index (χ4v) is 3.31. The lowest BCUT2D eigenvalue weighted by Crippen LogP contribution is -2.22. The highest BCUT2D eigenvalue weighted by Crippen LogP contribution is 2.42. The van der Waals surface area contributed by atoms with E-state index in [-0.39, 0.29) is 11.4 Å². The van der Waals surface area contributed by atoms with E-state index in [1.165, 1.54) is 44.9 Å². The largest absolute Gasteiger partial charge is 0.492 e. The molecule has 0 amide bonds. The van der Waals surface area contributed by atoms with E-state index in [9.17, 15) is 4.39 Å². The SMILES string of the molecule is CCCCCCC(C)(CCCCC)c1cn(C)c(F)c1OC. The van der Waals surface area contributed by atoms with Crippen LogP contribution >= 0.6 is 0 Å². The second-order valence-electron chi connectivity index (χ2n) is 6.81. The maximum atomic E-state index is 14.2. The first-order chi connectivity index (χ1) is 10.5.